The summed E-state index contributed by atoms with van der Waals surface area (Å²) in [5.41, 5.74) is 2.33. The van der Waals surface area contributed by atoms with Gasteiger partial charge in [-0.2, -0.15) is 0 Å². The number of carbonyl (C=O) groups is 2. The van der Waals surface area contributed by atoms with Gasteiger partial charge in [-0.15, -0.1) is 31.7 Å². The summed E-state index contributed by atoms with van der Waals surface area (Å²) in [6.07, 6.45) is 4.77. The molecular formula is C29H33N5O2S2. The summed E-state index contributed by atoms with van der Waals surface area (Å²) in [5, 5.41) is 22.9. The number of rotatable bonds is 14. The maximum Gasteiger partial charge on any atom is 0.226 e. The Bertz CT molecular complexity index is 1210. The lowest BCUT2D eigenvalue weighted by Gasteiger charge is -2.10. The normalized spacial score (nSPS) is 12.7. The number of hydrogen-bond acceptors (Lipinski definition) is 8. The third-order valence-electron chi connectivity index (χ3n) is 6.36. The Morgan fingerprint density at radius 3 is 1.87 bits per heavy atom. The number of carbonyl (C=O) groups excluding carboxylic acids is 2. The Morgan fingerprint density at radius 2 is 1.24 bits per heavy atom. The fourth-order valence-electron chi connectivity index (χ4n) is 4.25. The molecule has 0 fully saturated rings. The summed E-state index contributed by atoms with van der Waals surface area (Å²) >= 11 is 2.96. The number of nitrogens with one attached hydrogen (secondary N) is 1. The molecule has 0 bridgehead atoms. The molecule has 1 N–H and O–H groups in total. The molecule has 2 aromatic heterocycles. The summed E-state index contributed by atoms with van der Waals surface area (Å²) in [7, 11) is 0. The highest BCUT2D eigenvalue weighted by Crippen LogP contribution is 2.23. The van der Waals surface area contributed by atoms with E-state index >= 15 is 0 Å². The average Bonchev–Trinajstić information content (AvgIpc) is 3.56. The van der Waals surface area contributed by atoms with Crippen LogP contribution in [-0.4, -0.2) is 32.1 Å². The van der Waals surface area contributed by atoms with Gasteiger partial charge in [-0.25, -0.2) is 0 Å². The van der Waals surface area contributed by atoms with E-state index in [4.69, 9.17) is 0 Å². The first-order chi connectivity index (χ1) is 18.5. The number of aromatic nitrogens is 4. The van der Waals surface area contributed by atoms with Gasteiger partial charge in [0.1, 0.15) is 20.8 Å². The van der Waals surface area contributed by atoms with E-state index in [0.29, 0.717) is 24.4 Å². The van der Waals surface area contributed by atoms with E-state index in [1.54, 1.807) is 0 Å². The largest absolute Gasteiger partial charge is 0.301 e. The van der Waals surface area contributed by atoms with E-state index < -0.39 is 0 Å². The van der Waals surface area contributed by atoms with Crippen molar-refractivity contribution in [1.29, 1.82) is 0 Å². The van der Waals surface area contributed by atoms with Crippen LogP contribution in [-0.2, 0) is 28.9 Å². The molecule has 0 spiro atoms. The van der Waals surface area contributed by atoms with Crippen LogP contribution in [0.4, 0.5) is 5.13 Å². The van der Waals surface area contributed by atoms with Crippen molar-refractivity contribution in [3.05, 3.63) is 86.8 Å². The van der Waals surface area contributed by atoms with Crippen LogP contribution in [0.2, 0.25) is 0 Å². The maximum absolute atomic E-state index is 12.5. The van der Waals surface area contributed by atoms with Crippen molar-refractivity contribution in [1.82, 2.24) is 20.4 Å². The summed E-state index contributed by atoms with van der Waals surface area (Å²) < 4.78 is 0. The first-order valence-electron chi connectivity index (χ1n) is 13.0. The monoisotopic (exact) mass is 547 g/mol. The molecule has 1 amide bonds. The minimum absolute atomic E-state index is 0.0517. The first kappa shape index (κ1) is 27.7. The van der Waals surface area contributed by atoms with E-state index in [0.717, 1.165) is 46.3 Å². The van der Waals surface area contributed by atoms with E-state index in [1.807, 2.05) is 55.5 Å². The lowest BCUT2D eigenvalue weighted by atomic mass is 9.95. The fraction of sp³-hybridized carbons (Fsp3) is 0.379. The van der Waals surface area contributed by atoms with Gasteiger partial charge in [-0.05, 0) is 35.8 Å². The summed E-state index contributed by atoms with van der Waals surface area (Å²) in [6, 6.07) is 20.1. The molecule has 4 aromatic rings. The fourth-order valence-corrected chi connectivity index (χ4v) is 5.96. The standard InChI is InChI=1S/C29H33N5O2S2/c1-20(22-11-5-3-6-12-22)17-24(35)19-28-33-31-26(37-28)15-9-10-16-27-32-34-29(38-27)30-25(36)18-21(2)23-13-7-4-8-14-23/h3-8,11-14,20-21H,9-10,15-19H2,1-2H3,(H,30,34,36). The van der Waals surface area contributed by atoms with Crippen LogP contribution < -0.4 is 5.32 Å². The molecule has 4 rings (SSSR count). The molecule has 38 heavy (non-hydrogen) atoms. The third kappa shape index (κ3) is 8.63. The predicted octanol–water partition coefficient (Wildman–Crippen LogP) is 6.39. The minimum atomic E-state index is -0.0517. The van der Waals surface area contributed by atoms with Crippen LogP contribution in [0.15, 0.2) is 60.7 Å². The van der Waals surface area contributed by atoms with Gasteiger partial charge in [0.25, 0.3) is 0 Å². The Morgan fingerprint density at radius 1 is 0.711 bits per heavy atom. The second-order valence-corrected chi connectivity index (χ2v) is 11.8. The van der Waals surface area contributed by atoms with Crippen LogP contribution in [0.1, 0.15) is 77.5 Å². The van der Waals surface area contributed by atoms with Crippen molar-refractivity contribution in [3.8, 4) is 0 Å². The van der Waals surface area contributed by atoms with Crippen molar-refractivity contribution in [2.24, 2.45) is 0 Å². The third-order valence-corrected chi connectivity index (χ3v) is 8.25. The van der Waals surface area contributed by atoms with Crippen LogP contribution >= 0.6 is 22.7 Å². The van der Waals surface area contributed by atoms with Gasteiger partial charge in [0.05, 0.1) is 6.42 Å². The molecule has 2 heterocycles. The zero-order valence-corrected chi connectivity index (χ0v) is 23.4. The van der Waals surface area contributed by atoms with E-state index in [1.165, 1.54) is 28.2 Å². The molecule has 9 heteroatoms. The molecule has 2 aromatic carbocycles. The number of nitrogens with zero attached hydrogens (tertiary/aromatic N) is 4. The first-order valence-corrected chi connectivity index (χ1v) is 14.6. The zero-order chi connectivity index (χ0) is 26.7. The Hall–Kier alpha value is -3.30. The highest BCUT2D eigenvalue weighted by molar-refractivity contribution is 7.15. The van der Waals surface area contributed by atoms with Crippen LogP contribution in [0, 0.1) is 0 Å². The van der Waals surface area contributed by atoms with Gasteiger partial charge < -0.3 is 5.32 Å². The van der Waals surface area contributed by atoms with Gasteiger partial charge in [0.15, 0.2) is 0 Å². The van der Waals surface area contributed by atoms with Crippen LogP contribution in [0.5, 0.6) is 0 Å². The Balaban J connectivity index is 1.14. The van der Waals surface area contributed by atoms with Crippen LogP contribution in [0.3, 0.4) is 0 Å². The van der Waals surface area contributed by atoms with E-state index in [-0.39, 0.29) is 23.5 Å². The van der Waals surface area contributed by atoms with E-state index in [2.05, 4.69) is 44.8 Å². The minimum Gasteiger partial charge on any atom is -0.301 e. The highest BCUT2D eigenvalue weighted by atomic mass is 32.1. The van der Waals surface area contributed by atoms with Crippen molar-refractivity contribution >= 4 is 39.5 Å². The van der Waals surface area contributed by atoms with Gasteiger partial charge >= 0.3 is 0 Å². The van der Waals surface area contributed by atoms with Gasteiger partial charge in [-0.1, -0.05) is 85.8 Å². The van der Waals surface area contributed by atoms with Crippen molar-refractivity contribution in [2.75, 3.05) is 5.32 Å². The smallest absolute Gasteiger partial charge is 0.226 e. The molecule has 0 aliphatic carbocycles. The number of hydrogen-bond donors (Lipinski definition) is 1. The molecule has 198 valence electrons. The van der Waals surface area contributed by atoms with Gasteiger partial charge in [0, 0.05) is 25.7 Å². The number of ketones is 1. The van der Waals surface area contributed by atoms with Gasteiger partial charge in [0.2, 0.25) is 11.0 Å². The van der Waals surface area contributed by atoms with E-state index in [9.17, 15) is 9.59 Å². The lowest BCUT2D eigenvalue weighted by molar-refractivity contribution is -0.119. The average molecular weight is 548 g/mol. The molecule has 2 atom stereocenters. The van der Waals surface area contributed by atoms with Crippen molar-refractivity contribution in [2.45, 2.75) is 70.6 Å². The molecule has 2 unspecified atom stereocenters. The molecule has 0 saturated heterocycles. The number of unbranched alkanes of at least 4 members (excludes halogenated alkanes) is 1. The molecule has 0 aliphatic rings. The second kappa shape index (κ2) is 14.0. The number of amides is 1. The molecular weight excluding hydrogens is 514 g/mol. The molecule has 0 saturated carbocycles. The summed E-state index contributed by atoms with van der Waals surface area (Å²) in [4.78, 5) is 24.9. The topological polar surface area (TPSA) is 97.7 Å². The van der Waals surface area contributed by atoms with Gasteiger partial charge in [-0.3, -0.25) is 9.59 Å². The predicted molar refractivity (Wildman–Crippen MR) is 153 cm³/mol. The van der Waals surface area contributed by atoms with Crippen LogP contribution in [0.25, 0.3) is 0 Å². The lowest BCUT2D eigenvalue weighted by Crippen LogP contribution is -2.14. The highest BCUT2D eigenvalue weighted by Gasteiger charge is 2.15. The number of Topliss-reactive ketones (excluding diaryl/α,β-unsaturated/α-hetero) is 1. The number of anilines is 1. The Kier molecular flexibility index (Phi) is 10.2. The van der Waals surface area contributed by atoms with Crippen molar-refractivity contribution < 1.29 is 9.59 Å². The Labute approximate surface area is 231 Å². The second-order valence-electron chi connectivity index (χ2n) is 9.59. The quantitative estimate of drug-likeness (QED) is 0.184. The molecule has 0 radical (unpaired) electrons. The molecule has 7 nitrogen and oxygen atoms in total. The zero-order valence-electron chi connectivity index (χ0n) is 21.8. The summed E-state index contributed by atoms with van der Waals surface area (Å²) in [6.45, 7) is 4.13. The molecule has 0 aliphatic heterocycles. The number of aryl methyl sites for hydroxylation is 2. The maximum atomic E-state index is 12.5. The van der Waals surface area contributed by atoms with Crippen molar-refractivity contribution in [3.63, 3.8) is 0 Å². The number of benzene rings is 2. The SMILES string of the molecule is CC(CC(=O)Cc1nnc(CCCCc2nnc(NC(=O)CC(C)c3ccccc3)s2)s1)c1ccccc1. The summed E-state index contributed by atoms with van der Waals surface area (Å²) in [5.74, 6) is 0.477.